The lowest BCUT2D eigenvalue weighted by Crippen LogP contribution is -2.27. The molecule has 0 saturated heterocycles. The summed E-state index contributed by atoms with van der Waals surface area (Å²) >= 11 is 0. The summed E-state index contributed by atoms with van der Waals surface area (Å²) in [5, 5.41) is 3.67. The van der Waals surface area contributed by atoms with Crippen molar-refractivity contribution in [2.45, 2.75) is 39.3 Å². The van der Waals surface area contributed by atoms with Gasteiger partial charge in [-0.2, -0.15) is 0 Å². The molecule has 0 saturated carbocycles. The van der Waals surface area contributed by atoms with E-state index in [-0.39, 0.29) is 0 Å². The summed E-state index contributed by atoms with van der Waals surface area (Å²) in [7, 11) is 0. The summed E-state index contributed by atoms with van der Waals surface area (Å²) < 4.78 is 0. The molecule has 0 bridgehead atoms. The lowest BCUT2D eigenvalue weighted by atomic mass is 9.88. The molecule has 1 aromatic carbocycles. The molecule has 1 unspecified atom stereocenters. The molecule has 1 N–H and O–H groups in total. The highest BCUT2D eigenvalue weighted by molar-refractivity contribution is 5.20. The first-order valence-corrected chi connectivity index (χ1v) is 7.37. The van der Waals surface area contributed by atoms with Gasteiger partial charge in [-0.3, -0.25) is 0 Å². The first-order chi connectivity index (χ1) is 9.85. The molecule has 20 heavy (non-hydrogen) atoms. The second-order valence-electron chi connectivity index (χ2n) is 5.09. The lowest BCUT2D eigenvalue weighted by molar-refractivity contribution is 0.339. The molecular formula is C17H23N3. The molecule has 3 heteroatoms. The molecule has 0 aliphatic heterocycles. The van der Waals surface area contributed by atoms with Crippen LogP contribution in [0, 0.1) is 5.92 Å². The van der Waals surface area contributed by atoms with Crippen LogP contribution in [0.4, 0.5) is 0 Å². The van der Waals surface area contributed by atoms with Gasteiger partial charge in [0.1, 0.15) is 6.33 Å². The minimum atomic E-state index is 0.381. The smallest absolute Gasteiger partial charge is 0.115 e. The van der Waals surface area contributed by atoms with Gasteiger partial charge in [-0.1, -0.05) is 57.0 Å². The SMILES string of the molecule is CCC(CC)C(NCc1cncnc1)c1ccccc1. The Labute approximate surface area is 121 Å². The Morgan fingerprint density at radius 2 is 1.65 bits per heavy atom. The normalized spacial score (nSPS) is 12.6. The topological polar surface area (TPSA) is 37.8 Å². The molecule has 0 spiro atoms. The van der Waals surface area contributed by atoms with Crippen LogP contribution in [0.25, 0.3) is 0 Å². The fourth-order valence-corrected chi connectivity index (χ4v) is 2.63. The Kier molecular flexibility index (Phi) is 5.69. The Morgan fingerprint density at radius 3 is 2.25 bits per heavy atom. The minimum Gasteiger partial charge on any atom is -0.305 e. The minimum absolute atomic E-state index is 0.381. The Bertz CT molecular complexity index is 480. The predicted molar refractivity (Wildman–Crippen MR) is 82.1 cm³/mol. The number of aromatic nitrogens is 2. The number of nitrogens with one attached hydrogen (secondary N) is 1. The summed E-state index contributed by atoms with van der Waals surface area (Å²) in [4.78, 5) is 8.14. The monoisotopic (exact) mass is 269 g/mol. The number of rotatable bonds is 7. The molecule has 106 valence electrons. The Balaban J connectivity index is 2.11. The fourth-order valence-electron chi connectivity index (χ4n) is 2.63. The molecule has 3 nitrogen and oxygen atoms in total. The molecule has 1 heterocycles. The first kappa shape index (κ1) is 14.7. The van der Waals surface area contributed by atoms with Crippen molar-refractivity contribution in [1.29, 1.82) is 0 Å². The standard InChI is InChI=1S/C17H23N3/c1-3-15(4-2)17(16-8-6-5-7-9-16)20-12-14-10-18-13-19-11-14/h5-11,13,15,17,20H,3-4,12H2,1-2H3. The van der Waals surface area contributed by atoms with Gasteiger partial charge < -0.3 is 5.32 Å². The van der Waals surface area contributed by atoms with Crippen molar-refractivity contribution in [3.8, 4) is 0 Å². The van der Waals surface area contributed by atoms with Crippen molar-refractivity contribution in [3.63, 3.8) is 0 Å². The quantitative estimate of drug-likeness (QED) is 0.832. The lowest BCUT2D eigenvalue weighted by Gasteiger charge is -2.27. The molecule has 0 radical (unpaired) electrons. The highest BCUT2D eigenvalue weighted by atomic mass is 14.9. The zero-order valence-electron chi connectivity index (χ0n) is 12.3. The summed E-state index contributed by atoms with van der Waals surface area (Å²) in [6.07, 6.45) is 7.66. The van der Waals surface area contributed by atoms with E-state index in [1.54, 1.807) is 6.33 Å². The van der Waals surface area contributed by atoms with Crippen molar-refractivity contribution in [2.75, 3.05) is 0 Å². The molecule has 0 fully saturated rings. The Morgan fingerprint density at radius 1 is 1.00 bits per heavy atom. The van der Waals surface area contributed by atoms with E-state index >= 15 is 0 Å². The largest absolute Gasteiger partial charge is 0.305 e. The average Bonchev–Trinajstić information content (AvgIpc) is 2.53. The second-order valence-corrected chi connectivity index (χ2v) is 5.09. The number of hydrogen-bond donors (Lipinski definition) is 1. The van der Waals surface area contributed by atoms with Crippen molar-refractivity contribution in [3.05, 3.63) is 60.2 Å². The number of nitrogens with zero attached hydrogens (tertiary/aromatic N) is 2. The van der Waals surface area contributed by atoms with Crippen LogP contribution in [0.2, 0.25) is 0 Å². The van der Waals surface area contributed by atoms with Crippen LogP contribution >= 0.6 is 0 Å². The van der Waals surface area contributed by atoms with Gasteiger partial charge in [0.15, 0.2) is 0 Å². The molecule has 0 amide bonds. The highest BCUT2D eigenvalue weighted by Gasteiger charge is 2.19. The predicted octanol–water partition coefficient (Wildman–Crippen LogP) is 3.74. The zero-order valence-corrected chi connectivity index (χ0v) is 12.3. The van der Waals surface area contributed by atoms with E-state index in [0.29, 0.717) is 12.0 Å². The molecule has 0 aliphatic rings. The molecule has 1 aromatic heterocycles. The summed E-state index contributed by atoms with van der Waals surface area (Å²) in [5.74, 6) is 0.641. The molecule has 2 rings (SSSR count). The number of benzene rings is 1. The van der Waals surface area contributed by atoms with E-state index in [2.05, 4.69) is 59.5 Å². The van der Waals surface area contributed by atoms with Crippen molar-refractivity contribution < 1.29 is 0 Å². The molecule has 0 aliphatic carbocycles. The number of hydrogen-bond acceptors (Lipinski definition) is 3. The van der Waals surface area contributed by atoms with E-state index in [0.717, 1.165) is 12.1 Å². The van der Waals surface area contributed by atoms with Gasteiger partial charge in [-0.15, -0.1) is 0 Å². The summed E-state index contributed by atoms with van der Waals surface area (Å²) in [5.41, 5.74) is 2.48. The third-order valence-corrected chi connectivity index (χ3v) is 3.82. The van der Waals surface area contributed by atoms with Gasteiger partial charge in [0.25, 0.3) is 0 Å². The van der Waals surface area contributed by atoms with E-state index in [1.807, 2.05) is 12.4 Å². The summed E-state index contributed by atoms with van der Waals surface area (Å²) in [6, 6.07) is 11.1. The molecule has 2 aromatic rings. The van der Waals surface area contributed by atoms with E-state index in [9.17, 15) is 0 Å². The van der Waals surface area contributed by atoms with E-state index in [4.69, 9.17) is 0 Å². The third kappa shape index (κ3) is 3.87. The van der Waals surface area contributed by atoms with Crippen molar-refractivity contribution in [1.82, 2.24) is 15.3 Å². The van der Waals surface area contributed by atoms with Gasteiger partial charge >= 0.3 is 0 Å². The Hall–Kier alpha value is -1.74. The van der Waals surface area contributed by atoms with Gasteiger partial charge in [0, 0.05) is 30.5 Å². The van der Waals surface area contributed by atoms with Gasteiger partial charge in [-0.05, 0) is 11.5 Å². The maximum Gasteiger partial charge on any atom is 0.115 e. The van der Waals surface area contributed by atoms with Crippen molar-refractivity contribution >= 4 is 0 Å². The van der Waals surface area contributed by atoms with Crippen molar-refractivity contribution in [2.24, 2.45) is 5.92 Å². The van der Waals surface area contributed by atoms with Crippen LogP contribution in [0.3, 0.4) is 0 Å². The van der Waals surface area contributed by atoms with Crippen LogP contribution in [0.1, 0.15) is 43.9 Å². The molecular weight excluding hydrogens is 246 g/mol. The average molecular weight is 269 g/mol. The van der Waals surface area contributed by atoms with E-state index < -0.39 is 0 Å². The van der Waals surface area contributed by atoms with Crippen LogP contribution in [-0.2, 0) is 6.54 Å². The van der Waals surface area contributed by atoms with Crippen LogP contribution in [0.5, 0.6) is 0 Å². The first-order valence-electron chi connectivity index (χ1n) is 7.37. The highest BCUT2D eigenvalue weighted by Crippen LogP contribution is 2.27. The third-order valence-electron chi connectivity index (χ3n) is 3.82. The van der Waals surface area contributed by atoms with Crippen LogP contribution in [0.15, 0.2) is 49.1 Å². The van der Waals surface area contributed by atoms with Gasteiger partial charge in [-0.25, -0.2) is 9.97 Å². The van der Waals surface area contributed by atoms with Gasteiger partial charge in [0.05, 0.1) is 0 Å². The van der Waals surface area contributed by atoms with Crippen LogP contribution < -0.4 is 5.32 Å². The maximum atomic E-state index is 4.07. The fraction of sp³-hybridized carbons (Fsp3) is 0.412. The summed E-state index contributed by atoms with van der Waals surface area (Å²) in [6.45, 7) is 5.33. The van der Waals surface area contributed by atoms with E-state index in [1.165, 1.54) is 18.4 Å². The van der Waals surface area contributed by atoms with Gasteiger partial charge in [0.2, 0.25) is 0 Å². The second kappa shape index (κ2) is 7.75. The zero-order chi connectivity index (χ0) is 14.2. The molecule has 1 atom stereocenters. The maximum absolute atomic E-state index is 4.07. The van der Waals surface area contributed by atoms with Crippen LogP contribution in [-0.4, -0.2) is 9.97 Å².